The molecule has 0 spiro atoms. The highest BCUT2D eigenvalue weighted by Crippen LogP contribution is 2.17. The number of non-ortho nitro benzene ring substituents is 1. The molecule has 1 aromatic carbocycles. The molecule has 0 aliphatic carbocycles. The van der Waals surface area contributed by atoms with Crippen LogP contribution in [0.2, 0.25) is 0 Å². The molecule has 1 saturated heterocycles. The predicted molar refractivity (Wildman–Crippen MR) is 69.0 cm³/mol. The third kappa shape index (κ3) is 3.08. The Morgan fingerprint density at radius 3 is 2.26 bits per heavy atom. The third-order valence-corrected chi connectivity index (χ3v) is 3.03. The van der Waals surface area contributed by atoms with Crippen LogP contribution in [0, 0.1) is 10.1 Å². The van der Waals surface area contributed by atoms with E-state index in [1.165, 1.54) is 24.3 Å². The summed E-state index contributed by atoms with van der Waals surface area (Å²) in [6, 6.07) is 5.68. The lowest BCUT2D eigenvalue weighted by Gasteiger charge is -2.35. The van der Waals surface area contributed by atoms with E-state index < -0.39 is 4.92 Å². The standard InChI is InChI=1S/C13H16N2O4/c1-9-7-14(8-10(2)19-9)13(16)11-3-5-12(6-4-11)15(17)18/h3-6,9-10H,7-8H2,1-2H3/t9-,10-/m0/s1. The smallest absolute Gasteiger partial charge is 0.269 e. The molecule has 2 atom stereocenters. The van der Waals surface area contributed by atoms with Gasteiger partial charge in [-0.25, -0.2) is 0 Å². The van der Waals surface area contributed by atoms with Crippen molar-refractivity contribution in [3.63, 3.8) is 0 Å². The summed E-state index contributed by atoms with van der Waals surface area (Å²) >= 11 is 0. The van der Waals surface area contributed by atoms with Gasteiger partial charge in [0.1, 0.15) is 0 Å². The first-order valence-electron chi connectivity index (χ1n) is 6.16. The molecule has 1 amide bonds. The van der Waals surface area contributed by atoms with Gasteiger partial charge >= 0.3 is 0 Å². The van der Waals surface area contributed by atoms with Crippen molar-refractivity contribution in [1.82, 2.24) is 4.90 Å². The van der Waals surface area contributed by atoms with Gasteiger partial charge < -0.3 is 9.64 Å². The van der Waals surface area contributed by atoms with Crippen LogP contribution in [0.15, 0.2) is 24.3 Å². The topological polar surface area (TPSA) is 72.7 Å². The normalized spacial score (nSPS) is 23.2. The Morgan fingerprint density at radius 1 is 1.26 bits per heavy atom. The molecule has 0 unspecified atom stereocenters. The van der Waals surface area contributed by atoms with Crippen LogP contribution in [0.3, 0.4) is 0 Å². The number of benzene rings is 1. The molecule has 0 saturated carbocycles. The van der Waals surface area contributed by atoms with Gasteiger partial charge in [0.15, 0.2) is 0 Å². The molecule has 0 radical (unpaired) electrons. The highest BCUT2D eigenvalue weighted by Gasteiger charge is 2.26. The number of amides is 1. The number of carbonyl (C=O) groups is 1. The second-order valence-electron chi connectivity index (χ2n) is 4.77. The lowest BCUT2D eigenvalue weighted by molar-refractivity contribution is -0.384. The van der Waals surface area contributed by atoms with Gasteiger partial charge in [0.25, 0.3) is 11.6 Å². The van der Waals surface area contributed by atoms with Gasteiger partial charge in [0.05, 0.1) is 17.1 Å². The zero-order chi connectivity index (χ0) is 14.0. The largest absolute Gasteiger partial charge is 0.372 e. The van der Waals surface area contributed by atoms with Gasteiger partial charge in [-0.3, -0.25) is 14.9 Å². The molecule has 6 heteroatoms. The van der Waals surface area contributed by atoms with Crippen molar-refractivity contribution < 1.29 is 14.5 Å². The summed E-state index contributed by atoms with van der Waals surface area (Å²) in [6.45, 7) is 4.93. The Hall–Kier alpha value is -1.95. The van der Waals surface area contributed by atoms with Crippen molar-refractivity contribution >= 4 is 11.6 Å². The molecule has 1 aromatic rings. The number of morpholine rings is 1. The van der Waals surface area contributed by atoms with Crippen LogP contribution < -0.4 is 0 Å². The van der Waals surface area contributed by atoms with Crippen molar-refractivity contribution in [1.29, 1.82) is 0 Å². The summed E-state index contributed by atoms with van der Waals surface area (Å²) in [5.74, 6) is -0.114. The molecule has 2 rings (SSSR count). The van der Waals surface area contributed by atoms with E-state index in [2.05, 4.69) is 0 Å². The second kappa shape index (κ2) is 5.36. The fourth-order valence-corrected chi connectivity index (χ4v) is 2.25. The van der Waals surface area contributed by atoms with Crippen LogP contribution in [-0.2, 0) is 4.74 Å². The maximum atomic E-state index is 12.3. The third-order valence-electron chi connectivity index (χ3n) is 3.03. The zero-order valence-corrected chi connectivity index (χ0v) is 10.9. The van der Waals surface area contributed by atoms with Crippen LogP contribution in [0.25, 0.3) is 0 Å². The SMILES string of the molecule is C[C@H]1CN(C(=O)c2ccc([N+](=O)[O-])cc2)C[C@H](C)O1. The van der Waals surface area contributed by atoms with Crippen molar-refractivity contribution in [3.8, 4) is 0 Å². The van der Waals surface area contributed by atoms with E-state index >= 15 is 0 Å². The number of nitro groups is 1. The minimum atomic E-state index is -0.479. The van der Waals surface area contributed by atoms with Crippen molar-refractivity contribution in [3.05, 3.63) is 39.9 Å². The van der Waals surface area contributed by atoms with Crippen molar-refractivity contribution in [2.45, 2.75) is 26.1 Å². The molecule has 1 aliphatic rings. The number of nitro benzene ring substituents is 1. The summed E-state index contributed by atoms with van der Waals surface area (Å²) in [5.41, 5.74) is 0.451. The first-order valence-corrected chi connectivity index (χ1v) is 6.16. The van der Waals surface area contributed by atoms with E-state index in [0.717, 1.165) is 0 Å². The predicted octanol–water partition coefficient (Wildman–Crippen LogP) is 1.84. The van der Waals surface area contributed by atoms with Crippen molar-refractivity contribution in [2.75, 3.05) is 13.1 Å². The van der Waals surface area contributed by atoms with E-state index in [0.29, 0.717) is 18.7 Å². The quantitative estimate of drug-likeness (QED) is 0.603. The Kier molecular flexibility index (Phi) is 3.80. The van der Waals surface area contributed by atoms with Gasteiger partial charge in [0, 0.05) is 30.8 Å². The number of nitrogens with zero attached hydrogens (tertiary/aromatic N) is 2. The minimum Gasteiger partial charge on any atom is -0.372 e. The van der Waals surface area contributed by atoms with Gasteiger partial charge in [-0.15, -0.1) is 0 Å². The molecule has 0 N–H and O–H groups in total. The Morgan fingerprint density at radius 2 is 1.79 bits per heavy atom. The molecule has 0 bridgehead atoms. The summed E-state index contributed by atoms with van der Waals surface area (Å²) in [5, 5.41) is 10.6. The molecule has 102 valence electrons. The highest BCUT2D eigenvalue weighted by molar-refractivity contribution is 5.94. The van der Waals surface area contributed by atoms with E-state index in [4.69, 9.17) is 4.74 Å². The maximum absolute atomic E-state index is 12.3. The number of hydrogen-bond acceptors (Lipinski definition) is 4. The molecule has 1 fully saturated rings. The summed E-state index contributed by atoms with van der Waals surface area (Å²) in [7, 11) is 0. The number of ether oxygens (including phenoxy) is 1. The Bertz CT molecular complexity index is 476. The molecule has 1 aliphatic heterocycles. The minimum absolute atomic E-state index is 0.00532. The maximum Gasteiger partial charge on any atom is 0.269 e. The van der Waals surface area contributed by atoms with Gasteiger partial charge in [-0.05, 0) is 26.0 Å². The lowest BCUT2D eigenvalue weighted by atomic mass is 10.1. The first kappa shape index (κ1) is 13.5. The van der Waals surface area contributed by atoms with Crippen LogP contribution in [0.4, 0.5) is 5.69 Å². The summed E-state index contributed by atoms with van der Waals surface area (Å²) in [4.78, 5) is 24.1. The summed E-state index contributed by atoms with van der Waals surface area (Å²) in [6.07, 6.45) is 0.0106. The van der Waals surface area contributed by atoms with Crippen LogP contribution in [-0.4, -0.2) is 41.0 Å². The Balaban J connectivity index is 2.12. The monoisotopic (exact) mass is 264 g/mol. The van der Waals surface area contributed by atoms with Crippen LogP contribution >= 0.6 is 0 Å². The van der Waals surface area contributed by atoms with Crippen LogP contribution in [0.1, 0.15) is 24.2 Å². The Labute approximate surface area is 111 Å². The average Bonchev–Trinajstić information content (AvgIpc) is 2.37. The average molecular weight is 264 g/mol. The molecular formula is C13H16N2O4. The molecular weight excluding hydrogens is 248 g/mol. The number of hydrogen-bond donors (Lipinski definition) is 0. The zero-order valence-electron chi connectivity index (χ0n) is 10.9. The van der Waals surface area contributed by atoms with E-state index in [1.54, 1.807) is 4.90 Å². The molecule has 6 nitrogen and oxygen atoms in total. The van der Waals surface area contributed by atoms with E-state index in [1.807, 2.05) is 13.8 Å². The van der Waals surface area contributed by atoms with E-state index in [-0.39, 0.29) is 23.8 Å². The fraction of sp³-hybridized carbons (Fsp3) is 0.462. The second-order valence-corrected chi connectivity index (χ2v) is 4.77. The number of carbonyl (C=O) groups excluding carboxylic acids is 1. The molecule has 1 heterocycles. The van der Waals surface area contributed by atoms with Gasteiger partial charge in [-0.1, -0.05) is 0 Å². The first-order chi connectivity index (χ1) is 8.97. The number of rotatable bonds is 2. The van der Waals surface area contributed by atoms with Gasteiger partial charge in [-0.2, -0.15) is 0 Å². The lowest BCUT2D eigenvalue weighted by Crippen LogP contribution is -2.48. The molecule has 19 heavy (non-hydrogen) atoms. The van der Waals surface area contributed by atoms with Crippen molar-refractivity contribution in [2.24, 2.45) is 0 Å². The molecule has 0 aromatic heterocycles. The fourth-order valence-electron chi connectivity index (χ4n) is 2.25. The van der Waals surface area contributed by atoms with Gasteiger partial charge in [0.2, 0.25) is 0 Å². The summed E-state index contributed by atoms with van der Waals surface area (Å²) < 4.78 is 5.57. The van der Waals surface area contributed by atoms with E-state index in [9.17, 15) is 14.9 Å². The van der Waals surface area contributed by atoms with Crippen LogP contribution in [0.5, 0.6) is 0 Å². The highest BCUT2D eigenvalue weighted by atomic mass is 16.6.